The second-order valence-corrected chi connectivity index (χ2v) is 3.57. The molecule has 2 N–H and O–H groups in total. The van der Waals surface area contributed by atoms with E-state index in [9.17, 15) is 4.79 Å². The maximum atomic E-state index is 10.7. The first-order valence-electron chi connectivity index (χ1n) is 3.84. The van der Waals surface area contributed by atoms with Crippen LogP contribution in [-0.4, -0.2) is 23.1 Å². The summed E-state index contributed by atoms with van der Waals surface area (Å²) in [7, 11) is -1.66. The normalized spacial score (nSPS) is 9.71. The zero-order valence-electron chi connectivity index (χ0n) is 7.40. The van der Waals surface area contributed by atoms with Gasteiger partial charge in [0.15, 0.2) is 0 Å². The third kappa shape index (κ3) is 2.83. The van der Waals surface area contributed by atoms with Crippen LogP contribution in [0.4, 0.5) is 0 Å². The molecule has 0 saturated carbocycles. The minimum atomic E-state index is -1.66. The summed E-state index contributed by atoms with van der Waals surface area (Å²) in [6, 6.07) is 4.59. The number of esters is 1. The van der Waals surface area contributed by atoms with Crippen LogP contribution in [0.3, 0.4) is 0 Å². The minimum Gasteiger partial charge on any atom is -0.427 e. The van der Waals surface area contributed by atoms with Crippen LogP contribution in [0.5, 0.6) is 5.75 Å². The van der Waals surface area contributed by atoms with Crippen molar-refractivity contribution in [3.05, 3.63) is 22.7 Å². The van der Waals surface area contributed by atoms with E-state index in [1.165, 1.54) is 19.1 Å². The van der Waals surface area contributed by atoms with Gasteiger partial charge >= 0.3 is 13.1 Å². The van der Waals surface area contributed by atoms with Gasteiger partial charge < -0.3 is 14.8 Å². The fraction of sp³-hybridized carbons (Fsp3) is 0.125. The number of hydrogen-bond acceptors (Lipinski definition) is 4. The van der Waals surface area contributed by atoms with Crippen molar-refractivity contribution in [1.29, 1.82) is 0 Å². The van der Waals surface area contributed by atoms with Crippen molar-refractivity contribution in [2.75, 3.05) is 0 Å². The largest absolute Gasteiger partial charge is 0.492 e. The third-order valence-electron chi connectivity index (χ3n) is 1.51. The van der Waals surface area contributed by atoms with Gasteiger partial charge in [0, 0.05) is 16.9 Å². The molecule has 6 heteroatoms. The molecule has 74 valence electrons. The SMILES string of the molecule is CC(=O)Oc1cc(Br)ccc1B(O)O. The summed E-state index contributed by atoms with van der Waals surface area (Å²) in [5.41, 5.74) is 0.156. The van der Waals surface area contributed by atoms with E-state index in [1.54, 1.807) is 6.07 Å². The van der Waals surface area contributed by atoms with Crippen LogP contribution in [0.2, 0.25) is 0 Å². The molecule has 0 atom stereocenters. The van der Waals surface area contributed by atoms with Crippen molar-refractivity contribution >= 4 is 34.5 Å². The number of hydrogen-bond donors (Lipinski definition) is 2. The van der Waals surface area contributed by atoms with Gasteiger partial charge in [0.25, 0.3) is 0 Å². The molecular weight excluding hydrogens is 251 g/mol. The highest BCUT2D eigenvalue weighted by Crippen LogP contribution is 2.16. The highest BCUT2D eigenvalue weighted by Gasteiger charge is 2.18. The summed E-state index contributed by atoms with van der Waals surface area (Å²) in [5, 5.41) is 17.9. The van der Waals surface area contributed by atoms with Gasteiger partial charge in [-0.1, -0.05) is 22.0 Å². The molecule has 0 aliphatic carbocycles. The molecule has 0 fully saturated rings. The molecule has 0 saturated heterocycles. The van der Waals surface area contributed by atoms with Crippen LogP contribution >= 0.6 is 15.9 Å². The average Bonchev–Trinajstić information content (AvgIpc) is 2.01. The number of rotatable bonds is 2. The van der Waals surface area contributed by atoms with Gasteiger partial charge in [-0.2, -0.15) is 0 Å². The van der Waals surface area contributed by atoms with Gasteiger partial charge in [0.1, 0.15) is 5.75 Å². The Morgan fingerprint density at radius 2 is 2.14 bits per heavy atom. The summed E-state index contributed by atoms with van der Waals surface area (Å²) in [4.78, 5) is 10.7. The van der Waals surface area contributed by atoms with Crippen LogP contribution in [0.1, 0.15) is 6.92 Å². The number of ether oxygens (including phenoxy) is 1. The van der Waals surface area contributed by atoms with Crippen molar-refractivity contribution < 1.29 is 19.6 Å². The Kier molecular flexibility index (Phi) is 3.68. The molecule has 0 heterocycles. The lowest BCUT2D eigenvalue weighted by molar-refractivity contribution is -0.131. The lowest BCUT2D eigenvalue weighted by Crippen LogP contribution is -2.31. The molecule has 1 rings (SSSR count). The van der Waals surface area contributed by atoms with Crippen LogP contribution in [-0.2, 0) is 4.79 Å². The van der Waals surface area contributed by atoms with Gasteiger partial charge in [0.05, 0.1) is 0 Å². The molecular formula is C8H8BBrO4. The molecule has 0 unspecified atom stereocenters. The van der Waals surface area contributed by atoms with Crippen molar-refractivity contribution in [2.45, 2.75) is 6.92 Å². The van der Waals surface area contributed by atoms with Crippen molar-refractivity contribution in [3.8, 4) is 5.75 Å². The first kappa shape index (κ1) is 11.2. The molecule has 1 aromatic carbocycles. The predicted molar refractivity (Wildman–Crippen MR) is 55.3 cm³/mol. The summed E-state index contributed by atoms with van der Waals surface area (Å²) in [6.45, 7) is 1.24. The summed E-state index contributed by atoms with van der Waals surface area (Å²) in [6.07, 6.45) is 0. The molecule has 0 amide bonds. The molecule has 0 radical (unpaired) electrons. The van der Waals surface area contributed by atoms with Gasteiger partial charge in [0.2, 0.25) is 0 Å². The second-order valence-electron chi connectivity index (χ2n) is 2.65. The molecule has 0 aliphatic heterocycles. The van der Waals surface area contributed by atoms with Gasteiger partial charge in [-0.3, -0.25) is 4.79 Å². The van der Waals surface area contributed by atoms with E-state index in [4.69, 9.17) is 14.8 Å². The fourth-order valence-electron chi connectivity index (χ4n) is 0.965. The Morgan fingerprint density at radius 3 is 2.64 bits per heavy atom. The highest BCUT2D eigenvalue weighted by molar-refractivity contribution is 9.10. The smallest absolute Gasteiger partial charge is 0.427 e. The molecule has 0 aromatic heterocycles. The quantitative estimate of drug-likeness (QED) is 0.447. The number of halogens is 1. The molecule has 0 bridgehead atoms. The Hall–Kier alpha value is -0.845. The second kappa shape index (κ2) is 4.59. The highest BCUT2D eigenvalue weighted by atomic mass is 79.9. The van der Waals surface area contributed by atoms with Crippen LogP contribution in [0.25, 0.3) is 0 Å². The van der Waals surface area contributed by atoms with E-state index in [0.29, 0.717) is 4.47 Å². The topological polar surface area (TPSA) is 66.8 Å². The maximum Gasteiger partial charge on any atom is 0.492 e. The molecule has 14 heavy (non-hydrogen) atoms. The molecule has 0 spiro atoms. The first-order valence-corrected chi connectivity index (χ1v) is 4.64. The van der Waals surface area contributed by atoms with Crippen LogP contribution < -0.4 is 10.2 Å². The zero-order valence-corrected chi connectivity index (χ0v) is 8.98. The van der Waals surface area contributed by atoms with Crippen LogP contribution in [0.15, 0.2) is 22.7 Å². The maximum absolute atomic E-state index is 10.7. The Bertz CT molecular complexity index is 353. The molecule has 0 aliphatic rings. The Labute approximate surface area is 89.8 Å². The van der Waals surface area contributed by atoms with E-state index in [1.807, 2.05) is 0 Å². The monoisotopic (exact) mass is 258 g/mol. The Balaban J connectivity index is 3.09. The minimum absolute atomic E-state index is 0.141. The van der Waals surface area contributed by atoms with Crippen molar-refractivity contribution in [2.24, 2.45) is 0 Å². The van der Waals surface area contributed by atoms with Crippen LogP contribution in [0, 0.1) is 0 Å². The molecule has 1 aromatic rings. The number of carbonyl (C=O) groups is 1. The van der Waals surface area contributed by atoms with Gasteiger partial charge in [-0.25, -0.2) is 0 Å². The lowest BCUT2D eigenvalue weighted by Gasteiger charge is -2.08. The fourth-order valence-corrected chi connectivity index (χ4v) is 1.30. The van der Waals surface area contributed by atoms with E-state index in [-0.39, 0.29) is 11.2 Å². The van der Waals surface area contributed by atoms with E-state index in [2.05, 4.69) is 15.9 Å². The standard InChI is InChI=1S/C8H8BBrO4/c1-5(11)14-8-4-6(10)2-3-7(8)9(12)13/h2-4,12-13H,1H3. The van der Waals surface area contributed by atoms with Crippen molar-refractivity contribution in [3.63, 3.8) is 0 Å². The summed E-state index contributed by atoms with van der Waals surface area (Å²) < 4.78 is 5.49. The van der Waals surface area contributed by atoms with E-state index < -0.39 is 13.1 Å². The predicted octanol–water partition coefficient (Wildman–Crippen LogP) is 0.0542. The van der Waals surface area contributed by atoms with Gasteiger partial charge in [-0.05, 0) is 12.1 Å². The number of benzene rings is 1. The van der Waals surface area contributed by atoms with Gasteiger partial charge in [-0.15, -0.1) is 0 Å². The zero-order chi connectivity index (χ0) is 10.7. The number of carbonyl (C=O) groups excluding carboxylic acids is 1. The van der Waals surface area contributed by atoms with E-state index >= 15 is 0 Å². The summed E-state index contributed by atoms with van der Waals surface area (Å²) >= 11 is 3.18. The molecule has 4 nitrogen and oxygen atoms in total. The average molecular weight is 259 g/mol. The lowest BCUT2D eigenvalue weighted by atomic mass is 9.79. The first-order chi connectivity index (χ1) is 6.50. The van der Waals surface area contributed by atoms with Crippen molar-refractivity contribution in [1.82, 2.24) is 0 Å². The van der Waals surface area contributed by atoms with E-state index in [0.717, 1.165) is 0 Å². The summed E-state index contributed by atoms with van der Waals surface area (Å²) in [5.74, 6) is -0.369. The third-order valence-corrected chi connectivity index (χ3v) is 2.00. The Morgan fingerprint density at radius 1 is 1.50 bits per heavy atom.